The van der Waals surface area contributed by atoms with Gasteiger partial charge in [-0.2, -0.15) is 0 Å². The van der Waals surface area contributed by atoms with Crippen LogP contribution in [-0.2, 0) is 0 Å². The highest BCUT2D eigenvalue weighted by Gasteiger charge is 2.27. The molecule has 4 heteroatoms. The second-order valence-electron chi connectivity index (χ2n) is 7.21. The average Bonchev–Trinajstić information content (AvgIpc) is 3.44. The molecule has 0 atom stereocenters. The molecule has 1 fully saturated rings. The van der Waals surface area contributed by atoms with Gasteiger partial charge in [0.1, 0.15) is 5.82 Å². The number of nitrogens with one attached hydrogen (secondary N) is 1. The third kappa shape index (κ3) is 3.36. The number of rotatable bonds is 4. The largest absolute Gasteiger partial charge is 0.342 e. The van der Waals surface area contributed by atoms with E-state index in [4.69, 9.17) is 28.2 Å². The van der Waals surface area contributed by atoms with Gasteiger partial charge in [0, 0.05) is 21.9 Å². The van der Waals surface area contributed by atoms with Crippen molar-refractivity contribution in [1.82, 2.24) is 9.97 Å². The maximum atomic E-state index is 6.11. The molecule has 1 saturated carbocycles. The highest BCUT2D eigenvalue weighted by Crippen LogP contribution is 2.40. The molecule has 0 radical (unpaired) electrons. The maximum absolute atomic E-state index is 6.11. The lowest BCUT2D eigenvalue weighted by atomic mass is 9.85. The summed E-state index contributed by atoms with van der Waals surface area (Å²) in [6.07, 6.45) is 2.48. The van der Waals surface area contributed by atoms with Crippen LogP contribution in [0.5, 0.6) is 0 Å². The minimum atomic E-state index is 0.108. The van der Waals surface area contributed by atoms with Crippen LogP contribution in [0.4, 0.5) is 0 Å². The molecule has 0 saturated heterocycles. The summed E-state index contributed by atoms with van der Waals surface area (Å²) in [6.45, 7) is 0. The molecule has 5 rings (SSSR count). The van der Waals surface area contributed by atoms with Crippen LogP contribution in [0.3, 0.4) is 0 Å². The lowest BCUT2D eigenvalue weighted by molar-refractivity contribution is 0.977. The summed E-state index contributed by atoms with van der Waals surface area (Å²) in [5, 5.41) is 1.48. The summed E-state index contributed by atoms with van der Waals surface area (Å²) in [5.41, 5.74) is 5.75. The Labute approximate surface area is 168 Å². The maximum Gasteiger partial charge on any atom is 0.110 e. The number of fused-ring (bicyclic) bond motifs is 1. The van der Waals surface area contributed by atoms with Gasteiger partial charge in [0.05, 0.1) is 11.0 Å². The van der Waals surface area contributed by atoms with Crippen molar-refractivity contribution in [3.8, 4) is 0 Å². The van der Waals surface area contributed by atoms with E-state index in [9.17, 15) is 0 Å². The summed E-state index contributed by atoms with van der Waals surface area (Å²) >= 11 is 12.2. The fourth-order valence-corrected chi connectivity index (χ4v) is 3.92. The molecular formula is C23H18Cl2N2. The third-order valence-corrected chi connectivity index (χ3v) is 5.73. The van der Waals surface area contributed by atoms with Crippen LogP contribution in [0.25, 0.3) is 11.0 Å². The molecule has 0 unspecified atom stereocenters. The van der Waals surface area contributed by atoms with E-state index in [1.54, 1.807) is 0 Å². The van der Waals surface area contributed by atoms with E-state index in [2.05, 4.69) is 47.4 Å². The Hall–Kier alpha value is -2.29. The Kier molecular flexibility index (Phi) is 4.18. The Balaban J connectivity index is 1.63. The van der Waals surface area contributed by atoms with E-state index in [1.165, 1.54) is 29.5 Å². The quantitative estimate of drug-likeness (QED) is 0.374. The number of imidazole rings is 1. The number of benzene rings is 3. The van der Waals surface area contributed by atoms with E-state index in [-0.39, 0.29) is 5.92 Å². The molecule has 0 spiro atoms. The molecule has 4 aromatic rings. The van der Waals surface area contributed by atoms with Crippen molar-refractivity contribution in [2.75, 3.05) is 0 Å². The van der Waals surface area contributed by atoms with Gasteiger partial charge in [0.25, 0.3) is 0 Å². The second kappa shape index (κ2) is 6.70. The van der Waals surface area contributed by atoms with Gasteiger partial charge in [-0.3, -0.25) is 0 Å². The van der Waals surface area contributed by atoms with Crippen molar-refractivity contribution in [2.24, 2.45) is 0 Å². The molecule has 27 heavy (non-hydrogen) atoms. The Morgan fingerprint density at radius 2 is 1.33 bits per heavy atom. The lowest BCUT2D eigenvalue weighted by Crippen LogP contribution is -2.03. The van der Waals surface area contributed by atoms with Crippen LogP contribution in [-0.4, -0.2) is 9.97 Å². The Morgan fingerprint density at radius 3 is 1.89 bits per heavy atom. The zero-order chi connectivity index (χ0) is 18.4. The van der Waals surface area contributed by atoms with E-state index in [0.29, 0.717) is 5.92 Å². The SMILES string of the molecule is Clc1ccc(C(c2ccc(Cl)cc2)c2ccc3nc(C4CC4)[nH]c3c2)cc1. The zero-order valence-electron chi connectivity index (χ0n) is 14.6. The van der Waals surface area contributed by atoms with Crippen molar-refractivity contribution in [2.45, 2.75) is 24.7 Å². The molecule has 3 aromatic carbocycles. The molecule has 1 aromatic heterocycles. The first-order chi connectivity index (χ1) is 13.2. The standard InChI is InChI=1S/C23H18Cl2N2/c24-18-8-3-14(4-9-18)22(15-5-10-19(25)11-6-15)17-7-12-20-21(13-17)27-23(26-20)16-1-2-16/h3-13,16,22H,1-2H2,(H,26,27). The van der Waals surface area contributed by atoms with Crippen molar-refractivity contribution in [3.63, 3.8) is 0 Å². The first-order valence-corrected chi connectivity index (χ1v) is 9.93. The van der Waals surface area contributed by atoms with Crippen LogP contribution >= 0.6 is 23.2 Å². The number of hydrogen-bond acceptors (Lipinski definition) is 1. The summed E-state index contributed by atoms with van der Waals surface area (Å²) in [5.74, 6) is 1.84. The number of nitrogens with zero attached hydrogens (tertiary/aromatic N) is 1. The van der Waals surface area contributed by atoms with Crippen molar-refractivity contribution >= 4 is 34.2 Å². The van der Waals surface area contributed by atoms with Crippen LogP contribution in [0.15, 0.2) is 66.7 Å². The van der Waals surface area contributed by atoms with Crippen LogP contribution in [0, 0.1) is 0 Å². The minimum Gasteiger partial charge on any atom is -0.342 e. The highest BCUT2D eigenvalue weighted by molar-refractivity contribution is 6.30. The fourth-order valence-electron chi connectivity index (χ4n) is 3.66. The number of H-pyrrole nitrogens is 1. The van der Waals surface area contributed by atoms with Gasteiger partial charge in [0.2, 0.25) is 0 Å². The first kappa shape index (κ1) is 16.9. The Morgan fingerprint density at radius 1 is 0.778 bits per heavy atom. The monoisotopic (exact) mass is 392 g/mol. The number of halogens is 2. The highest BCUT2D eigenvalue weighted by atomic mass is 35.5. The average molecular weight is 393 g/mol. The van der Waals surface area contributed by atoms with Gasteiger partial charge in [-0.25, -0.2) is 4.98 Å². The molecular weight excluding hydrogens is 375 g/mol. The van der Waals surface area contributed by atoms with Gasteiger partial charge in [-0.05, 0) is 65.9 Å². The number of aromatic nitrogens is 2. The number of aromatic amines is 1. The van der Waals surface area contributed by atoms with Crippen LogP contribution in [0.2, 0.25) is 10.0 Å². The zero-order valence-corrected chi connectivity index (χ0v) is 16.1. The predicted molar refractivity (Wildman–Crippen MR) is 112 cm³/mol. The molecule has 2 nitrogen and oxygen atoms in total. The van der Waals surface area contributed by atoms with Gasteiger partial charge in [0.15, 0.2) is 0 Å². The van der Waals surface area contributed by atoms with Gasteiger partial charge in [-0.1, -0.05) is 53.5 Å². The predicted octanol–water partition coefficient (Wildman–Crippen LogP) is 6.93. The van der Waals surface area contributed by atoms with Gasteiger partial charge >= 0.3 is 0 Å². The Bertz CT molecular complexity index is 1050. The van der Waals surface area contributed by atoms with E-state index < -0.39 is 0 Å². The summed E-state index contributed by atoms with van der Waals surface area (Å²) in [6, 6.07) is 22.7. The van der Waals surface area contributed by atoms with Gasteiger partial charge in [-0.15, -0.1) is 0 Å². The fraction of sp³-hybridized carbons (Fsp3) is 0.174. The molecule has 0 aliphatic heterocycles. The summed E-state index contributed by atoms with van der Waals surface area (Å²) < 4.78 is 0. The van der Waals surface area contributed by atoms with E-state index in [1.807, 2.05) is 24.3 Å². The molecule has 0 bridgehead atoms. The van der Waals surface area contributed by atoms with Crippen molar-refractivity contribution in [3.05, 3.63) is 99.3 Å². The molecule has 1 aliphatic carbocycles. The molecule has 1 N–H and O–H groups in total. The normalized spacial score (nSPS) is 14.2. The van der Waals surface area contributed by atoms with Crippen LogP contribution < -0.4 is 0 Å². The van der Waals surface area contributed by atoms with Crippen LogP contribution in [0.1, 0.15) is 47.2 Å². The van der Waals surface area contributed by atoms with Crippen molar-refractivity contribution in [1.29, 1.82) is 0 Å². The molecule has 134 valence electrons. The molecule has 1 aliphatic rings. The van der Waals surface area contributed by atoms with E-state index >= 15 is 0 Å². The second-order valence-corrected chi connectivity index (χ2v) is 8.08. The topological polar surface area (TPSA) is 28.7 Å². The first-order valence-electron chi connectivity index (χ1n) is 9.18. The summed E-state index contributed by atoms with van der Waals surface area (Å²) in [4.78, 5) is 8.27. The van der Waals surface area contributed by atoms with Crippen molar-refractivity contribution < 1.29 is 0 Å². The summed E-state index contributed by atoms with van der Waals surface area (Å²) in [7, 11) is 0. The lowest BCUT2D eigenvalue weighted by Gasteiger charge is -2.19. The number of hydrogen-bond donors (Lipinski definition) is 1. The van der Waals surface area contributed by atoms with E-state index in [0.717, 1.165) is 26.9 Å². The minimum absolute atomic E-state index is 0.108. The van der Waals surface area contributed by atoms with Gasteiger partial charge < -0.3 is 4.98 Å². The molecule has 0 amide bonds. The molecule has 1 heterocycles. The smallest absolute Gasteiger partial charge is 0.110 e. The third-order valence-electron chi connectivity index (χ3n) is 5.23.